The van der Waals surface area contributed by atoms with Gasteiger partial charge in [-0.05, 0) is 67.7 Å². The van der Waals surface area contributed by atoms with Crippen molar-refractivity contribution in [3.8, 4) is 0 Å². The van der Waals surface area contributed by atoms with Crippen LogP contribution in [0.2, 0.25) is 10.0 Å². The van der Waals surface area contributed by atoms with Crippen LogP contribution in [-0.2, 0) is 12.8 Å². The number of nitrogens with one attached hydrogen (secondary N) is 1. The molecule has 0 radical (unpaired) electrons. The maximum Gasteiger partial charge on any atom is 0.142 e. The average molecular weight is 326 g/mol. The fourth-order valence-corrected chi connectivity index (χ4v) is 2.70. The minimum Gasteiger partial charge on any atom is -0.319 e. The molecule has 0 heterocycles. The van der Waals surface area contributed by atoms with Gasteiger partial charge in [0.2, 0.25) is 0 Å². The van der Waals surface area contributed by atoms with E-state index < -0.39 is 0 Å². The third-order valence-corrected chi connectivity index (χ3v) is 4.00. The van der Waals surface area contributed by atoms with Crippen LogP contribution < -0.4 is 5.32 Å². The molecule has 0 aliphatic carbocycles. The molecule has 0 fully saturated rings. The Bertz CT molecular complexity index is 584. The normalized spacial score (nSPS) is 12.4. The van der Waals surface area contributed by atoms with Crippen LogP contribution in [0, 0.1) is 11.7 Å². The first-order valence-electron chi connectivity index (χ1n) is 6.91. The Morgan fingerprint density at radius 3 is 2.24 bits per heavy atom. The number of hydrogen-bond acceptors (Lipinski definition) is 1. The minimum atomic E-state index is -0.358. The second kappa shape index (κ2) is 7.79. The summed E-state index contributed by atoms with van der Waals surface area (Å²) in [5.41, 5.74) is 2.19. The molecule has 2 aromatic rings. The molecule has 21 heavy (non-hydrogen) atoms. The summed E-state index contributed by atoms with van der Waals surface area (Å²) in [7, 11) is 1.93. The van der Waals surface area contributed by atoms with E-state index in [0.717, 1.165) is 30.0 Å². The topological polar surface area (TPSA) is 12.0 Å². The van der Waals surface area contributed by atoms with Gasteiger partial charge in [-0.25, -0.2) is 4.39 Å². The van der Waals surface area contributed by atoms with Gasteiger partial charge >= 0.3 is 0 Å². The molecule has 0 aromatic heterocycles. The second-order valence-corrected chi connectivity index (χ2v) is 6.05. The first kappa shape index (κ1) is 16.3. The highest BCUT2D eigenvalue weighted by Gasteiger charge is 2.11. The van der Waals surface area contributed by atoms with Crippen molar-refractivity contribution in [1.82, 2.24) is 5.32 Å². The van der Waals surface area contributed by atoms with Crippen molar-refractivity contribution in [1.29, 1.82) is 0 Å². The Kier molecular flexibility index (Phi) is 6.04. The second-order valence-electron chi connectivity index (χ2n) is 5.21. The van der Waals surface area contributed by atoms with E-state index in [2.05, 4.69) is 5.32 Å². The first-order valence-corrected chi connectivity index (χ1v) is 7.67. The lowest BCUT2D eigenvalue weighted by atomic mass is 9.92. The molecule has 2 aromatic carbocycles. The number of halogens is 3. The van der Waals surface area contributed by atoms with E-state index >= 15 is 0 Å². The third-order valence-electron chi connectivity index (χ3n) is 3.44. The van der Waals surface area contributed by atoms with Crippen molar-refractivity contribution in [2.45, 2.75) is 12.8 Å². The summed E-state index contributed by atoms with van der Waals surface area (Å²) in [4.78, 5) is 0. The highest BCUT2D eigenvalue weighted by molar-refractivity contribution is 6.30. The van der Waals surface area contributed by atoms with Crippen molar-refractivity contribution in [3.05, 3.63) is 69.5 Å². The van der Waals surface area contributed by atoms with E-state index in [1.165, 1.54) is 11.6 Å². The maximum absolute atomic E-state index is 13.5. The lowest BCUT2D eigenvalue weighted by Crippen LogP contribution is -2.22. The summed E-state index contributed by atoms with van der Waals surface area (Å²) in [6, 6.07) is 12.9. The summed E-state index contributed by atoms with van der Waals surface area (Å²) in [5.74, 6) is 0.0284. The van der Waals surface area contributed by atoms with Crippen LogP contribution in [-0.4, -0.2) is 13.6 Å². The van der Waals surface area contributed by atoms with E-state index in [9.17, 15) is 4.39 Å². The maximum atomic E-state index is 13.5. The predicted octanol–water partition coefficient (Wildman–Crippen LogP) is 4.75. The molecule has 0 spiro atoms. The van der Waals surface area contributed by atoms with Gasteiger partial charge in [0.15, 0.2) is 0 Å². The lowest BCUT2D eigenvalue weighted by Gasteiger charge is -2.17. The summed E-state index contributed by atoms with van der Waals surface area (Å²) >= 11 is 11.6. The molecule has 0 bridgehead atoms. The molecule has 0 saturated heterocycles. The number of benzene rings is 2. The summed E-state index contributed by atoms with van der Waals surface area (Å²) < 4.78 is 13.5. The van der Waals surface area contributed by atoms with Gasteiger partial charge in [-0.2, -0.15) is 0 Å². The van der Waals surface area contributed by atoms with E-state index in [0.29, 0.717) is 5.92 Å². The third kappa shape index (κ3) is 4.99. The molecule has 0 amide bonds. The highest BCUT2D eigenvalue weighted by atomic mass is 35.5. The zero-order valence-electron chi connectivity index (χ0n) is 11.9. The Hall–Kier alpha value is -1.09. The summed E-state index contributed by atoms with van der Waals surface area (Å²) in [5, 5.41) is 4.11. The Morgan fingerprint density at radius 2 is 1.62 bits per heavy atom. The highest BCUT2D eigenvalue weighted by Crippen LogP contribution is 2.20. The van der Waals surface area contributed by atoms with Crippen molar-refractivity contribution in [3.63, 3.8) is 0 Å². The quantitative estimate of drug-likeness (QED) is 0.807. The van der Waals surface area contributed by atoms with Crippen molar-refractivity contribution in [2.24, 2.45) is 5.92 Å². The van der Waals surface area contributed by atoms with Gasteiger partial charge in [-0.1, -0.05) is 41.4 Å². The van der Waals surface area contributed by atoms with Crippen molar-refractivity contribution in [2.75, 3.05) is 13.6 Å². The Morgan fingerprint density at radius 1 is 1.00 bits per heavy atom. The van der Waals surface area contributed by atoms with Crippen LogP contribution in [0.3, 0.4) is 0 Å². The molecule has 0 saturated carbocycles. The fourth-order valence-electron chi connectivity index (χ4n) is 2.46. The zero-order valence-corrected chi connectivity index (χ0v) is 13.4. The molecule has 1 unspecified atom stereocenters. The largest absolute Gasteiger partial charge is 0.319 e. The van der Waals surface area contributed by atoms with E-state index in [1.807, 2.05) is 37.4 Å². The monoisotopic (exact) mass is 325 g/mol. The zero-order chi connectivity index (χ0) is 15.2. The van der Waals surface area contributed by atoms with Crippen molar-refractivity contribution >= 4 is 23.2 Å². The number of hydrogen-bond donors (Lipinski definition) is 1. The van der Waals surface area contributed by atoms with Gasteiger partial charge in [0.25, 0.3) is 0 Å². The van der Waals surface area contributed by atoms with E-state index in [4.69, 9.17) is 23.2 Å². The van der Waals surface area contributed by atoms with Crippen LogP contribution in [0.4, 0.5) is 4.39 Å². The molecule has 0 aliphatic rings. The fraction of sp³-hybridized carbons (Fsp3) is 0.294. The van der Waals surface area contributed by atoms with E-state index in [1.54, 1.807) is 6.07 Å². The molecule has 2 rings (SSSR count). The van der Waals surface area contributed by atoms with Crippen LogP contribution in [0.15, 0.2) is 42.5 Å². The molecule has 112 valence electrons. The van der Waals surface area contributed by atoms with Gasteiger partial charge < -0.3 is 5.32 Å². The first-order chi connectivity index (χ1) is 10.1. The lowest BCUT2D eigenvalue weighted by molar-refractivity contribution is 0.491. The van der Waals surface area contributed by atoms with Gasteiger partial charge in [0.1, 0.15) is 5.82 Å². The summed E-state index contributed by atoms with van der Waals surface area (Å²) in [6.07, 6.45) is 1.72. The predicted molar refractivity (Wildman–Crippen MR) is 87.7 cm³/mol. The smallest absolute Gasteiger partial charge is 0.142 e. The van der Waals surface area contributed by atoms with Gasteiger partial charge in [-0.15, -0.1) is 0 Å². The molecular formula is C17H18Cl2FN. The van der Waals surface area contributed by atoms with Crippen LogP contribution in [0.25, 0.3) is 0 Å². The van der Waals surface area contributed by atoms with Crippen LogP contribution in [0.1, 0.15) is 11.1 Å². The molecular weight excluding hydrogens is 308 g/mol. The van der Waals surface area contributed by atoms with Gasteiger partial charge in [0.05, 0.1) is 5.02 Å². The Balaban J connectivity index is 2.07. The van der Waals surface area contributed by atoms with Gasteiger partial charge in [0, 0.05) is 5.02 Å². The van der Waals surface area contributed by atoms with Crippen molar-refractivity contribution < 1.29 is 4.39 Å². The van der Waals surface area contributed by atoms with Crippen LogP contribution in [0.5, 0.6) is 0 Å². The van der Waals surface area contributed by atoms with E-state index in [-0.39, 0.29) is 10.8 Å². The summed E-state index contributed by atoms with van der Waals surface area (Å²) in [6.45, 7) is 0.868. The SMILES string of the molecule is CNCC(Cc1ccc(Cl)cc1)Cc1ccc(Cl)c(F)c1. The molecule has 0 aliphatic heterocycles. The molecule has 1 N–H and O–H groups in total. The van der Waals surface area contributed by atoms with Gasteiger partial charge in [-0.3, -0.25) is 0 Å². The standard InChI is InChI=1S/C17H18Cl2FN/c1-21-11-14(8-12-2-5-15(18)6-3-12)9-13-4-7-16(19)17(20)10-13/h2-7,10,14,21H,8-9,11H2,1H3. The van der Waals surface area contributed by atoms with Crippen LogP contribution >= 0.6 is 23.2 Å². The average Bonchev–Trinajstić information content (AvgIpc) is 2.46. The molecule has 1 nitrogen and oxygen atoms in total. The number of rotatable bonds is 6. The molecule has 4 heteroatoms. The molecule has 1 atom stereocenters. The minimum absolute atomic E-state index is 0.168. The Labute approximate surface area is 135 Å².